The van der Waals surface area contributed by atoms with Crippen LogP contribution in [0.4, 0.5) is 5.82 Å². The quantitative estimate of drug-likeness (QED) is 0.538. The van der Waals surface area contributed by atoms with Crippen LogP contribution in [0.2, 0.25) is 0 Å². The Bertz CT molecular complexity index is 1320. The molecule has 0 radical (unpaired) electrons. The lowest BCUT2D eigenvalue weighted by molar-refractivity contribution is 0.0529. The number of nitrogens with zero attached hydrogens (tertiary/aromatic N) is 4. The van der Waals surface area contributed by atoms with Crippen LogP contribution in [0.15, 0.2) is 24.4 Å². The van der Waals surface area contributed by atoms with Crippen molar-refractivity contribution in [3.05, 3.63) is 46.6 Å². The van der Waals surface area contributed by atoms with Crippen molar-refractivity contribution in [2.45, 2.75) is 58.7 Å². The maximum atomic E-state index is 13.4. The predicted octanol–water partition coefficient (Wildman–Crippen LogP) is 3.14. The first kappa shape index (κ1) is 22.3. The second kappa shape index (κ2) is 7.80. The average Bonchev–Trinajstić information content (AvgIpc) is 3.50. The van der Waals surface area contributed by atoms with Crippen LogP contribution >= 0.6 is 0 Å². The van der Waals surface area contributed by atoms with Gasteiger partial charge in [-0.1, -0.05) is 0 Å². The molecule has 0 unspecified atom stereocenters. The molecular formula is C25H29N5O4. The highest BCUT2D eigenvalue weighted by molar-refractivity contribution is 6.02. The summed E-state index contributed by atoms with van der Waals surface area (Å²) >= 11 is 0. The van der Waals surface area contributed by atoms with Crippen molar-refractivity contribution < 1.29 is 19.4 Å². The number of esters is 1. The van der Waals surface area contributed by atoms with Crippen LogP contribution in [-0.4, -0.2) is 49.1 Å². The molecule has 3 aromatic rings. The number of carbonyl (C=O) groups is 2. The van der Waals surface area contributed by atoms with Gasteiger partial charge in [-0.3, -0.25) is 4.79 Å². The minimum atomic E-state index is -1.23. The molecule has 0 saturated heterocycles. The molecule has 3 N–H and O–H groups in total. The summed E-state index contributed by atoms with van der Waals surface area (Å²) < 4.78 is 6.57. The van der Waals surface area contributed by atoms with E-state index in [9.17, 15) is 14.7 Å². The molecule has 9 nitrogen and oxygen atoms in total. The Hall–Kier alpha value is -3.46. The SMILES string of the molecule is CCOC(=O)c1c(N)nn2ccc(-c3cc4c(c(C(C)(C)O)c3)C(=O)N([C@@H](C)C3CC3)C4)nc12. The number of aliphatic hydroxyl groups is 1. The lowest BCUT2D eigenvalue weighted by Crippen LogP contribution is -2.35. The monoisotopic (exact) mass is 463 g/mol. The van der Waals surface area contributed by atoms with E-state index in [1.165, 1.54) is 4.52 Å². The number of hydrogen-bond donors (Lipinski definition) is 2. The Morgan fingerprint density at radius 1 is 1.35 bits per heavy atom. The van der Waals surface area contributed by atoms with Crippen LogP contribution in [0, 0.1) is 5.92 Å². The Morgan fingerprint density at radius 3 is 2.74 bits per heavy atom. The number of nitrogens with two attached hydrogens (primary N) is 1. The van der Waals surface area contributed by atoms with Gasteiger partial charge in [0, 0.05) is 24.3 Å². The number of hydrogen-bond acceptors (Lipinski definition) is 7. The van der Waals surface area contributed by atoms with E-state index in [0.29, 0.717) is 34.9 Å². The standard InChI is InChI=1S/C25H29N5O4/c1-5-34-24(32)20-21(26)28-30-9-8-18(27-22(20)30)15-10-16-12-29(13(2)14-6-7-14)23(31)19(16)17(11-15)25(3,4)33/h8-11,13-14,33H,5-7,12H2,1-4H3,(H2,26,28)/t13-/m0/s1. The second-order valence-corrected chi connectivity index (χ2v) is 9.69. The molecule has 178 valence electrons. The summed E-state index contributed by atoms with van der Waals surface area (Å²) in [4.78, 5) is 32.4. The van der Waals surface area contributed by atoms with Gasteiger partial charge < -0.3 is 20.5 Å². The third kappa shape index (κ3) is 3.60. The zero-order chi connectivity index (χ0) is 24.4. The van der Waals surface area contributed by atoms with Gasteiger partial charge in [0.15, 0.2) is 11.5 Å². The van der Waals surface area contributed by atoms with E-state index in [0.717, 1.165) is 24.0 Å². The number of anilines is 1. The van der Waals surface area contributed by atoms with Crippen LogP contribution in [0.1, 0.15) is 72.4 Å². The Labute approximate surface area is 197 Å². The first-order chi connectivity index (χ1) is 16.1. The fourth-order valence-electron chi connectivity index (χ4n) is 4.78. The van der Waals surface area contributed by atoms with Gasteiger partial charge in [-0.15, -0.1) is 5.10 Å². The molecule has 1 amide bonds. The molecule has 2 aliphatic rings. The second-order valence-electron chi connectivity index (χ2n) is 9.69. The minimum Gasteiger partial charge on any atom is -0.462 e. The van der Waals surface area contributed by atoms with Crippen LogP contribution in [0.3, 0.4) is 0 Å². The van der Waals surface area contributed by atoms with Gasteiger partial charge in [-0.2, -0.15) is 0 Å². The van der Waals surface area contributed by atoms with Crippen molar-refractivity contribution in [1.82, 2.24) is 19.5 Å². The van der Waals surface area contributed by atoms with Gasteiger partial charge in [-0.25, -0.2) is 14.3 Å². The Kier molecular flexibility index (Phi) is 5.12. The van der Waals surface area contributed by atoms with E-state index in [4.69, 9.17) is 10.5 Å². The summed E-state index contributed by atoms with van der Waals surface area (Å²) in [5, 5.41) is 15.1. The summed E-state index contributed by atoms with van der Waals surface area (Å²) in [7, 11) is 0. The van der Waals surface area contributed by atoms with Crippen molar-refractivity contribution in [1.29, 1.82) is 0 Å². The summed E-state index contributed by atoms with van der Waals surface area (Å²) in [5.74, 6) is -0.0266. The molecule has 2 aromatic heterocycles. The molecule has 5 rings (SSSR count). The van der Waals surface area contributed by atoms with Crippen molar-refractivity contribution in [2.75, 3.05) is 12.3 Å². The van der Waals surface area contributed by atoms with Gasteiger partial charge in [0.05, 0.1) is 23.5 Å². The normalized spacial score (nSPS) is 16.7. The number of amides is 1. The molecule has 1 atom stereocenters. The zero-order valence-corrected chi connectivity index (χ0v) is 19.8. The lowest BCUT2D eigenvalue weighted by atomic mass is 9.88. The zero-order valence-electron chi connectivity index (χ0n) is 19.8. The van der Waals surface area contributed by atoms with Crippen LogP contribution in [-0.2, 0) is 16.9 Å². The molecule has 34 heavy (non-hydrogen) atoms. The predicted molar refractivity (Wildman–Crippen MR) is 126 cm³/mol. The van der Waals surface area contributed by atoms with E-state index < -0.39 is 11.6 Å². The highest BCUT2D eigenvalue weighted by Gasteiger charge is 2.41. The topological polar surface area (TPSA) is 123 Å². The molecule has 0 bridgehead atoms. The molecular weight excluding hydrogens is 434 g/mol. The molecule has 3 heterocycles. The van der Waals surface area contributed by atoms with E-state index in [1.54, 1.807) is 33.0 Å². The number of fused-ring (bicyclic) bond motifs is 2. The fourth-order valence-corrected chi connectivity index (χ4v) is 4.78. The van der Waals surface area contributed by atoms with Crippen molar-refractivity contribution in [3.63, 3.8) is 0 Å². The fraction of sp³-hybridized carbons (Fsp3) is 0.440. The highest BCUT2D eigenvalue weighted by Crippen LogP contribution is 2.41. The van der Waals surface area contributed by atoms with Gasteiger partial charge in [0.25, 0.3) is 5.91 Å². The lowest BCUT2D eigenvalue weighted by Gasteiger charge is -2.25. The van der Waals surface area contributed by atoms with Crippen LogP contribution < -0.4 is 5.73 Å². The largest absolute Gasteiger partial charge is 0.462 e. The summed E-state index contributed by atoms with van der Waals surface area (Å²) in [6, 6.07) is 5.69. The van der Waals surface area contributed by atoms with Crippen LogP contribution in [0.5, 0.6) is 0 Å². The van der Waals surface area contributed by atoms with Crippen molar-refractivity contribution in [3.8, 4) is 11.3 Å². The molecule has 0 spiro atoms. The van der Waals surface area contributed by atoms with Crippen molar-refractivity contribution in [2.24, 2.45) is 5.92 Å². The van der Waals surface area contributed by atoms with Crippen molar-refractivity contribution >= 4 is 23.3 Å². The Balaban J connectivity index is 1.63. The van der Waals surface area contributed by atoms with Gasteiger partial charge in [0.1, 0.15) is 5.56 Å². The number of ether oxygens (including phenoxy) is 1. The first-order valence-electron chi connectivity index (χ1n) is 11.6. The average molecular weight is 464 g/mol. The van der Waals surface area contributed by atoms with Crippen LogP contribution in [0.25, 0.3) is 16.9 Å². The third-order valence-corrected chi connectivity index (χ3v) is 6.78. The highest BCUT2D eigenvalue weighted by atomic mass is 16.5. The molecule has 9 heteroatoms. The molecule has 1 aromatic carbocycles. The smallest absolute Gasteiger partial charge is 0.345 e. The number of carbonyl (C=O) groups excluding carboxylic acids is 2. The third-order valence-electron chi connectivity index (χ3n) is 6.78. The minimum absolute atomic E-state index is 0.0327. The van der Waals surface area contributed by atoms with Gasteiger partial charge in [0.2, 0.25) is 0 Å². The van der Waals surface area contributed by atoms with Gasteiger partial charge in [-0.05, 0) is 75.8 Å². The molecule has 1 fully saturated rings. The molecule has 1 aliphatic carbocycles. The summed E-state index contributed by atoms with van der Waals surface area (Å²) in [5.41, 5.74) is 8.47. The van der Waals surface area contributed by atoms with E-state index in [1.807, 2.05) is 17.0 Å². The molecule has 1 aliphatic heterocycles. The number of aromatic nitrogens is 3. The maximum Gasteiger partial charge on any atom is 0.345 e. The van der Waals surface area contributed by atoms with E-state index >= 15 is 0 Å². The summed E-state index contributed by atoms with van der Waals surface area (Å²) in [6.07, 6.45) is 3.97. The number of rotatable bonds is 6. The molecule has 1 saturated carbocycles. The van der Waals surface area contributed by atoms with Gasteiger partial charge >= 0.3 is 5.97 Å². The van der Waals surface area contributed by atoms with E-state index in [-0.39, 0.29) is 29.9 Å². The number of benzene rings is 1. The Morgan fingerprint density at radius 2 is 2.09 bits per heavy atom. The maximum absolute atomic E-state index is 13.4. The number of nitrogen functional groups attached to an aromatic ring is 1. The first-order valence-corrected chi connectivity index (χ1v) is 11.6. The summed E-state index contributed by atoms with van der Waals surface area (Å²) in [6.45, 7) is 7.88. The van der Waals surface area contributed by atoms with E-state index in [2.05, 4.69) is 17.0 Å².